The van der Waals surface area contributed by atoms with Crippen LogP contribution in [0.2, 0.25) is 0 Å². The maximum absolute atomic E-state index is 11.6. The van der Waals surface area contributed by atoms with Crippen LogP contribution in [-0.4, -0.2) is 17.9 Å². The summed E-state index contributed by atoms with van der Waals surface area (Å²) in [7, 11) is 1.59. The van der Waals surface area contributed by atoms with Gasteiger partial charge in [-0.25, -0.2) is 4.98 Å². The van der Waals surface area contributed by atoms with Crippen LogP contribution in [0.15, 0.2) is 36.5 Å². The molecule has 0 spiro atoms. The molecule has 0 atom stereocenters. The second kappa shape index (κ2) is 5.00. The molecule has 0 unspecified atom stereocenters. The van der Waals surface area contributed by atoms with Gasteiger partial charge in [0.1, 0.15) is 0 Å². The quantitative estimate of drug-likeness (QED) is 0.774. The molecule has 0 N–H and O–H groups in total. The maximum atomic E-state index is 11.6. The van der Waals surface area contributed by atoms with Gasteiger partial charge in [-0.3, -0.25) is 4.79 Å². The van der Waals surface area contributed by atoms with Crippen molar-refractivity contribution in [2.75, 3.05) is 7.11 Å². The van der Waals surface area contributed by atoms with Gasteiger partial charge < -0.3 is 4.74 Å². The number of aryl methyl sites for hydroxylation is 1. The molecule has 0 aliphatic rings. The lowest BCUT2D eigenvalue weighted by molar-refractivity contribution is 0.101. The first-order valence-corrected chi connectivity index (χ1v) is 5.74. The first kappa shape index (κ1) is 12.3. The van der Waals surface area contributed by atoms with E-state index in [4.69, 9.17) is 4.74 Å². The predicted molar refractivity (Wildman–Crippen MR) is 71.0 cm³/mol. The van der Waals surface area contributed by atoms with E-state index in [1.165, 1.54) is 0 Å². The van der Waals surface area contributed by atoms with Crippen LogP contribution < -0.4 is 4.74 Å². The van der Waals surface area contributed by atoms with Gasteiger partial charge in [-0.05, 0) is 43.2 Å². The number of carbonyl (C=O) groups excluding carboxylic acids is 1. The summed E-state index contributed by atoms with van der Waals surface area (Å²) in [6, 6.07) is 9.59. The molecule has 2 rings (SSSR count). The summed E-state index contributed by atoms with van der Waals surface area (Å²) >= 11 is 0. The van der Waals surface area contributed by atoms with Crippen molar-refractivity contribution in [2.24, 2.45) is 0 Å². The van der Waals surface area contributed by atoms with E-state index in [9.17, 15) is 4.79 Å². The monoisotopic (exact) mass is 241 g/mol. The van der Waals surface area contributed by atoms with E-state index in [1.54, 1.807) is 20.2 Å². The van der Waals surface area contributed by atoms with Gasteiger partial charge in [-0.2, -0.15) is 0 Å². The van der Waals surface area contributed by atoms with Gasteiger partial charge in [0.25, 0.3) is 0 Å². The average molecular weight is 241 g/mol. The van der Waals surface area contributed by atoms with Crippen molar-refractivity contribution in [3.8, 4) is 17.0 Å². The molecule has 0 amide bonds. The van der Waals surface area contributed by atoms with Crippen LogP contribution in [0.3, 0.4) is 0 Å². The van der Waals surface area contributed by atoms with E-state index in [0.29, 0.717) is 5.88 Å². The molecular formula is C15H15NO2. The molecule has 0 aliphatic heterocycles. The highest BCUT2D eigenvalue weighted by molar-refractivity contribution is 5.96. The van der Waals surface area contributed by atoms with Crippen molar-refractivity contribution >= 4 is 5.78 Å². The first-order valence-electron chi connectivity index (χ1n) is 5.74. The number of carbonyl (C=O) groups is 1. The molecule has 1 heterocycles. The van der Waals surface area contributed by atoms with Crippen LogP contribution in [0, 0.1) is 6.92 Å². The highest BCUT2D eigenvalue weighted by Gasteiger charge is 2.10. The largest absolute Gasteiger partial charge is 0.481 e. The van der Waals surface area contributed by atoms with Crippen molar-refractivity contribution in [2.45, 2.75) is 13.8 Å². The Bertz CT molecular complexity index is 591. The lowest BCUT2D eigenvalue weighted by Gasteiger charge is -2.09. The van der Waals surface area contributed by atoms with Crippen molar-refractivity contribution in [3.63, 3.8) is 0 Å². The average Bonchev–Trinajstić information content (AvgIpc) is 2.39. The standard InChI is InChI=1S/C15H15NO2/c1-10-6-7-12(9-14(10)11(2)17)13-5-4-8-16-15(13)18-3/h4-9H,1-3H3. The van der Waals surface area contributed by atoms with Crippen molar-refractivity contribution in [1.82, 2.24) is 4.98 Å². The molecule has 3 nitrogen and oxygen atoms in total. The Hall–Kier alpha value is -2.16. The molecule has 92 valence electrons. The van der Waals surface area contributed by atoms with Crippen molar-refractivity contribution in [3.05, 3.63) is 47.7 Å². The molecule has 0 saturated carbocycles. The van der Waals surface area contributed by atoms with Gasteiger partial charge in [0.05, 0.1) is 7.11 Å². The Morgan fingerprint density at radius 3 is 2.72 bits per heavy atom. The Morgan fingerprint density at radius 2 is 2.06 bits per heavy atom. The van der Waals surface area contributed by atoms with E-state index in [1.807, 2.05) is 37.3 Å². The number of Topliss-reactive ketones (excluding diaryl/α,β-unsaturated/α-hetero) is 1. The summed E-state index contributed by atoms with van der Waals surface area (Å²) in [5, 5.41) is 0. The van der Waals surface area contributed by atoms with Crippen LogP contribution in [0.1, 0.15) is 22.8 Å². The Labute approximate surface area is 106 Å². The lowest BCUT2D eigenvalue weighted by atomic mass is 9.98. The number of hydrogen-bond acceptors (Lipinski definition) is 3. The summed E-state index contributed by atoms with van der Waals surface area (Å²) in [5.41, 5.74) is 3.55. The molecule has 1 aromatic carbocycles. The third-order valence-corrected chi connectivity index (χ3v) is 2.89. The Morgan fingerprint density at radius 1 is 1.28 bits per heavy atom. The minimum atomic E-state index is 0.0669. The highest BCUT2D eigenvalue weighted by Crippen LogP contribution is 2.29. The Kier molecular flexibility index (Phi) is 3.42. The summed E-state index contributed by atoms with van der Waals surface area (Å²) in [6.45, 7) is 3.51. The zero-order valence-corrected chi connectivity index (χ0v) is 10.7. The number of ether oxygens (including phenoxy) is 1. The van der Waals surface area contributed by atoms with Crippen LogP contribution in [0.4, 0.5) is 0 Å². The molecule has 3 heteroatoms. The summed E-state index contributed by atoms with van der Waals surface area (Å²) in [6.07, 6.45) is 1.68. The molecule has 0 fully saturated rings. The zero-order chi connectivity index (χ0) is 13.1. The van der Waals surface area contributed by atoms with Crippen LogP contribution in [-0.2, 0) is 0 Å². The number of benzene rings is 1. The number of aromatic nitrogens is 1. The molecule has 0 aliphatic carbocycles. The fourth-order valence-corrected chi connectivity index (χ4v) is 1.94. The van der Waals surface area contributed by atoms with E-state index in [0.717, 1.165) is 22.3 Å². The van der Waals surface area contributed by atoms with Crippen LogP contribution in [0.25, 0.3) is 11.1 Å². The predicted octanol–water partition coefficient (Wildman–Crippen LogP) is 3.27. The minimum Gasteiger partial charge on any atom is -0.481 e. The first-order chi connectivity index (χ1) is 8.63. The van der Waals surface area contributed by atoms with E-state index in [2.05, 4.69) is 4.98 Å². The molecule has 2 aromatic rings. The summed E-state index contributed by atoms with van der Waals surface area (Å²) in [5.74, 6) is 0.632. The van der Waals surface area contributed by atoms with Gasteiger partial charge >= 0.3 is 0 Å². The third-order valence-electron chi connectivity index (χ3n) is 2.89. The minimum absolute atomic E-state index is 0.0669. The third kappa shape index (κ3) is 2.25. The van der Waals surface area contributed by atoms with Gasteiger partial charge in [0.2, 0.25) is 5.88 Å². The Balaban J connectivity index is 2.58. The van der Waals surface area contributed by atoms with Gasteiger partial charge in [0, 0.05) is 17.3 Å². The lowest BCUT2D eigenvalue weighted by Crippen LogP contribution is -1.97. The van der Waals surface area contributed by atoms with E-state index < -0.39 is 0 Å². The zero-order valence-electron chi connectivity index (χ0n) is 10.7. The fraction of sp³-hybridized carbons (Fsp3) is 0.200. The smallest absolute Gasteiger partial charge is 0.221 e. The number of methoxy groups -OCH3 is 1. The number of ketones is 1. The molecule has 18 heavy (non-hydrogen) atoms. The molecule has 0 saturated heterocycles. The van der Waals surface area contributed by atoms with Crippen molar-refractivity contribution < 1.29 is 9.53 Å². The van der Waals surface area contributed by atoms with Crippen molar-refractivity contribution in [1.29, 1.82) is 0 Å². The van der Waals surface area contributed by atoms with Gasteiger partial charge in [-0.1, -0.05) is 12.1 Å². The number of rotatable bonds is 3. The van der Waals surface area contributed by atoms with Gasteiger partial charge in [0.15, 0.2) is 5.78 Å². The number of pyridine rings is 1. The maximum Gasteiger partial charge on any atom is 0.221 e. The van der Waals surface area contributed by atoms with Gasteiger partial charge in [-0.15, -0.1) is 0 Å². The topological polar surface area (TPSA) is 39.2 Å². The fourth-order valence-electron chi connectivity index (χ4n) is 1.94. The van der Waals surface area contributed by atoms with E-state index in [-0.39, 0.29) is 5.78 Å². The number of hydrogen-bond donors (Lipinski definition) is 0. The summed E-state index contributed by atoms with van der Waals surface area (Å²) < 4.78 is 5.23. The summed E-state index contributed by atoms with van der Waals surface area (Å²) in [4.78, 5) is 15.7. The van der Waals surface area contributed by atoms with Crippen LogP contribution in [0.5, 0.6) is 5.88 Å². The highest BCUT2D eigenvalue weighted by atomic mass is 16.5. The second-order valence-electron chi connectivity index (χ2n) is 4.15. The SMILES string of the molecule is COc1ncccc1-c1ccc(C)c(C(C)=O)c1. The number of nitrogens with zero attached hydrogens (tertiary/aromatic N) is 1. The molecule has 0 radical (unpaired) electrons. The molecular weight excluding hydrogens is 226 g/mol. The second-order valence-corrected chi connectivity index (χ2v) is 4.15. The normalized spacial score (nSPS) is 10.2. The molecule has 0 bridgehead atoms. The molecule has 1 aromatic heterocycles. The van der Waals surface area contributed by atoms with Crippen LogP contribution >= 0.6 is 0 Å². The van der Waals surface area contributed by atoms with E-state index >= 15 is 0 Å².